The zero-order valence-electron chi connectivity index (χ0n) is 10.3. The fourth-order valence-electron chi connectivity index (χ4n) is 1.77. The Kier molecular flexibility index (Phi) is 3.33. The van der Waals surface area contributed by atoms with E-state index in [1.54, 1.807) is 0 Å². The third-order valence-corrected chi connectivity index (χ3v) is 3.02. The summed E-state index contributed by atoms with van der Waals surface area (Å²) in [5.41, 5.74) is 11.3. The van der Waals surface area contributed by atoms with Crippen molar-refractivity contribution >= 4 is 17.1 Å². The normalized spacial score (nSPS) is 10.2. The van der Waals surface area contributed by atoms with Crippen LogP contribution in [-0.4, -0.2) is 0 Å². The van der Waals surface area contributed by atoms with E-state index in [-0.39, 0.29) is 0 Å². The molecule has 2 aromatic carbocycles. The Morgan fingerprint density at radius 2 is 1.76 bits per heavy atom. The predicted octanol–water partition coefficient (Wildman–Crippen LogP) is 3.88. The zero-order chi connectivity index (χ0) is 12.3. The Balaban J connectivity index is 2.22. The number of hydrogen-bond donors (Lipinski definition) is 2. The number of nitrogen functional groups attached to an aromatic ring is 1. The van der Waals surface area contributed by atoms with Gasteiger partial charge in [-0.1, -0.05) is 25.1 Å². The van der Waals surface area contributed by atoms with Gasteiger partial charge in [-0.3, -0.25) is 0 Å². The zero-order valence-corrected chi connectivity index (χ0v) is 10.3. The van der Waals surface area contributed by atoms with Gasteiger partial charge in [0.15, 0.2) is 0 Å². The van der Waals surface area contributed by atoms with Crippen LogP contribution in [0.1, 0.15) is 18.1 Å². The van der Waals surface area contributed by atoms with Gasteiger partial charge in [-0.15, -0.1) is 0 Å². The third kappa shape index (κ3) is 2.59. The van der Waals surface area contributed by atoms with E-state index < -0.39 is 0 Å². The number of benzene rings is 2. The maximum atomic E-state index is 5.88. The van der Waals surface area contributed by atoms with Gasteiger partial charge >= 0.3 is 0 Å². The highest BCUT2D eigenvalue weighted by Crippen LogP contribution is 2.24. The van der Waals surface area contributed by atoms with Crippen molar-refractivity contribution in [1.82, 2.24) is 0 Å². The summed E-state index contributed by atoms with van der Waals surface area (Å²) >= 11 is 0. The lowest BCUT2D eigenvalue weighted by Gasteiger charge is -2.11. The van der Waals surface area contributed by atoms with Gasteiger partial charge in [0.25, 0.3) is 0 Å². The summed E-state index contributed by atoms with van der Waals surface area (Å²) in [7, 11) is 0. The van der Waals surface area contributed by atoms with Crippen LogP contribution in [-0.2, 0) is 6.42 Å². The minimum Gasteiger partial charge on any atom is -0.398 e. The molecule has 0 unspecified atom stereocenters. The predicted molar refractivity (Wildman–Crippen MR) is 74.7 cm³/mol. The number of anilines is 3. The summed E-state index contributed by atoms with van der Waals surface area (Å²) in [5, 5.41) is 3.38. The topological polar surface area (TPSA) is 38.0 Å². The average molecular weight is 226 g/mol. The molecule has 2 heteroatoms. The van der Waals surface area contributed by atoms with Crippen LogP contribution < -0.4 is 11.1 Å². The monoisotopic (exact) mass is 226 g/mol. The van der Waals surface area contributed by atoms with E-state index in [4.69, 9.17) is 5.73 Å². The molecule has 0 aliphatic carbocycles. The number of nitrogens with two attached hydrogens (primary N) is 1. The second-order valence-corrected chi connectivity index (χ2v) is 4.20. The van der Waals surface area contributed by atoms with Crippen LogP contribution in [0.2, 0.25) is 0 Å². The van der Waals surface area contributed by atoms with Crippen molar-refractivity contribution in [2.45, 2.75) is 20.3 Å². The quantitative estimate of drug-likeness (QED) is 0.779. The Bertz CT molecular complexity index is 501. The third-order valence-electron chi connectivity index (χ3n) is 3.02. The molecule has 0 heterocycles. The van der Waals surface area contributed by atoms with E-state index in [1.165, 1.54) is 5.56 Å². The first-order valence-corrected chi connectivity index (χ1v) is 5.91. The highest BCUT2D eigenvalue weighted by Gasteiger charge is 2.01. The standard InChI is InChI=1S/C15H18N2/c1-3-12-7-9-13(10-8-12)17-15-6-4-5-14(16)11(15)2/h4-10,17H,3,16H2,1-2H3. The number of rotatable bonds is 3. The van der Waals surface area contributed by atoms with E-state index in [1.807, 2.05) is 25.1 Å². The molecule has 0 amide bonds. The summed E-state index contributed by atoms with van der Waals surface area (Å²) in [6.07, 6.45) is 1.07. The summed E-state index contributed by atoms with van der Waals surface area (Å²) < 4.78 is 0. The van der Waals surface area contributed by atoms with Crippen LogP contribution in [0.5, 0.6) is 0 Å². The Labute approximate surface area is 102 Å². The van der Waals surface area contributed by atoms with E-state index >= 15 is 0 Å². The first kappa shape index (κ1) is 11.5. The minimum absolute atomic E-state index is 0.820. The Morgan fingerprint density at radius 1 is 1.06 bits per heavy atom. The van der Waals surface area contributed by atoms with Crippen LogP contribution in [0.15, 0.2) is 42.5 Å². The summed E-state index contributed by atoms with van der Waals surface area (Å²) in [6, 6.07) is 14.4. The SMILES string of the molecule is CCc1ccc(Nc2cccc(N)c2C)cc1. The van der Waals surface area contributed by atoms with E-state index in [0.717, 1.165) is 29.0 Å². The lowest BCUT2D eigenvalue weighted by molar-refractivity contribution is 1.14. The van der Waals surface area contributed by atoms with Gasteiger partial charge in [0.1, 0.15) is 0 Å². The molecule has 0 aliphatic heterocycles. The number of aryl methyl sites for hydroxylation is 1. The lowest BCUT2D eigenvalue weighted by atomic mass is 10.1. The molecule has 0 aromatic heterocycles. The summed E-state index contributed by atoms with van der Waals surface area (Å²) in [5.74, 6) is 0. The smallest absolute Gasteiger partial charge is 0.0434 e. The minimum atomic E-state index is 0.820. The molecule has 2 nitrogen and oxygen atoms in total. The van der Waals surface area contributed by atoms with Gasteiger partial charge in [-0.2, -0.15) is 0 Å². The molecule has 0 saturated heterocycles. The molecule has 0 aliphatic rings. The molecule has 17 heavy (non-hydrogen) atoms. The first-order valence-electron chi connectivity index (χ1n) is 5.91. The van der Waals surface area contributed by atoms with Crippen LogP contribution >= 0.6 is 0 Å². The van der Waals surface area contributed by atoms with Crippen LogP contribution in [0.3, 0.4) is 0 Å². The summed E-state index contributed by atoms with van der Waals surface area (Å²) in [4.78, 5) is 0. The maximum Gasteiger partial charge on any atom is 0.0434 e. The molecule has 0 radical (unpaired) electrons. The largest absolute Gasteiger partial charge is 0.398 e. The highest BCUT2D eigenvalue weighted by atomic mass is 14.9. The van der Waals surface area contributed by atoms with Gasteiger partial charge in [-0.25, -0.2) is 0 Å². The molecule has 2 rings (SSSR count). The molecule has 3 N–H and O–H groups in total. The molecule has 0 spiro atoms. The molecule has 88 valence electrons. The fraction of sp³-hybridized carbons (Fsp3) is 0.200. The van der Waals surface area contributed by atoms with Gasteiger partial charge < -0.3 is 11.1 Å². The second-order valence-electron chi connectivity index (χ2n) is 4.20. The average Bonchev–Trinajstić information content (AvgIpc) is 2.36. The number of hydrogen-bond acceptors (Lipinski definition) is 2. The van der Waals surface area contributed by atoms with Crippen molar-refractivity contribution in [2.24, 2.45) is 0 Å². The maximum absolute atomic E-state index is 5.88. The van der Waals surface area contributed by atoms with Crippen LogP contribution in [0.25, 0.3) is 0 Å². The molecular formula is C15H18N2. The first-order chi connectivity index (χ1) is 8.20. The van der Waals surface area contributed by atoms with Gasteiger partial charge in [0, 0.05) is 17.1 Å². The van der Waals surface area contributed by atoms with E-state index in [9.17, 15) is 0 Å². The van der Waals surface area contributed by atoms with Crippen molar-refractivity contribution in [2.75, 3.05) is 11.1 Å². The fourth-order valence-corrected chi connectivity index (χ4v) is 1.77. The van der Waals surface area contributed by atoms with Crippen molar-refractivity contribution < 1.29 is 0 Å². The molecule has 0 bridgehead atoms. The van der Waals surface area contributed by atoms with E-state index in [0.29, 0.717) is 0 Å². The molecule has 2 aromatic rings. The van der Waals surface area contributed by atoms with E-state index in [2.05, 4.69) is 36.5 Å². The van der Waals surface area contributed by atoms with Gasteiger partial charge in [0.2, 0.25) is 0 Å². The van der Waals surface area contributed by atoms with Crippen molar-refractivity contribution in [1.29, 1.82) is 0 Å². The van der Waals surface area contributed by atoms with Crippen LogP contribution in [0.4, 0.5) is 17.1 Å². The lowest BCUT2D eigenvalue weighted by Crippen LogP contribution is -1.96. The molecule has 0 saturated carbocycles. The summed E-state index contributed by atoms with van der Waals surface area (Å²) in [6.45, 7) is 4.18. The Morgan fingerprint density at radius 3 is 2.41 bits per heavy atom. The van der Waals surface area contributed by atoms with Crippen molar-refractivity contribution in [3.05, 3.63) is 53.6 Å². The highest BCUT2D eigenvalue weighted by molar-refractivity contribution is 5.69. The van der Waals surface area contributed by atoms with Gasteiger partial charge in [0.05, 0.1) is 0 Å². The Hall–Kier alpha value is -1.96. The van der Waals surface area contributed by atoms with Crippen molar-refractivity contribution in [3.8, 4) is 0 Å². The molecule has 0 fully saturated rings. The van der Waals surface area contributed by atoms with Crippen molar-refractivity contribution in [3.63, 3.8) is 0 Å². The molecular weight excluding hydrogens is 208 g/mol. The molecule has 0 atom stereocenters. The second kappa shape index (κ2) is 4.91. The van der Waals surface area contributed by atoms with Crippen LogP contribution in [0, 0.1) is 6.92 Å². The number of nitrogens with one attached hydrogen (secondary N) is 1. The van der Waals surface area contributed by atoms with Gasteiger partial charge in [-0.05, 0) is 48.7 Å².